The highest BCUT2D eigenvalue weighted by Gasteiger charge is 2.20. The number of nitrogens with zero attached hydrogens (tertiary/aromatic N) is 2. The lowest BCUT2D eigenvalue weighted by atomic mass is 10.1. The summed E-state index contributed by atoms with van der Waals surface area (Å²) < 4.78 is 14.0. The lowest BCUT2D eigenvalue weighted by Crippen LogP contribution is -2.14. The van der Waals surface area contributed by atoms with Crippen LogP contribution in [0.3, 0.4) is 0 Å². The molecule has 1 N–H and O–H groups in total. The summed E-state index contributed by atoms with van der Waals surface area (Å²) in [5.74, 6) is -1.66. The van der Waals surface area contributed by atoms with Gasteiger partial charge in [0.25, 0.3) is 11.6 Å². The number of nitrogens with one attached hydrogen (secondary N) is 1. The number of hydrogen-bond acceptors (Lipinski definition) is 5. The third kappa shape index (κ3) is 2.88. The Morgan fingerprint density at radius 3 is 2.86 bits per heavy atom. The Morgan fingerprint density at radius 2 is 2.24 bits per heavy atom. The average Bonchev–Trinajstić information content (AvgIpc) is 2.88. The van der Waals surface area contributed by atoms with E-state index in [0.29, 0.717) is 0 Å². The van der Waals surface area contributed by atoms with E-state index in [1.807, 2.05) is 6.07 Å². The van der Waals surface area contributed by atoms with Crippen LogP contribution in [0.2, 0.25) is 0 Å². The summed E-state index contributed by atoms with van der Waals surface area (Å²) in [6.45, 7) is 1.34. The summed E-state index contributed by atoms with van der Waals surface area (Å²) in [6.07, 6.45) is 0. The van der Waals surface area contributed by atoms with Crippen LogP contribution in [-0.4, -0.2) is 10.8 Å². The van der Waals surface area contributed by atoms with Crippen LogP contribution in [0.25, 0.3) is 0 Å². The molecule has 0 bridgehead atoms. The predicted octanol–water partition coefficient (Wildman–Crippen LogP) is 3.23. The Bertz CT molecular complexity index is 779. The number of nitro benzene ring substituents is 1. The molecule has 1 amide bonds. The standard InChI is InChI=1S/C13H8FN3O3S/c1-7-4-9(17(19)20)5-10(11(7)14)12(18)16-13-8(6-15)2-3-21-13/h2-5H,1H3,(H,16,18). The van der Waals surface area contributed by atoms with E-state index >= 15 is 0 Å². The second-order valence-corrected chi connectivity index (χ2v) is 5.03. The van der Waals surface area contributed by atoms with E-state index in [1.165, 1.54) is 13.0 Å². The zero-order valence-electron chi connectivity index (χ0n) is 10.7. The maximum atomic E-state index is 14.0. The van der Waals surface area contributed by atoms with Crippen LogP contribution in [0.4, 0.5) is 15.1 Å². The van der Waals surface area contributed by atoms with Crippen molar-refractivity contribution in [1.82, 2.24) is 0 Å². The van der Waals surface area contributed by atoms with Gasteiger partial charge in [-0.2, -0.15) is 5.26 Å². The molecular weight excluding hydrogens is 297 g/mol. The molecule has 0 unspecified atom stereocenters. The number of benzene rings is 1. The minimum atomic E-state index is -0.835. The average molecular weight is 305 g/mol. The van der Waals surface area contributed by atoms with E-state index in [-0.39, 0.29) is 21.8 Å². The predicted molar refractivity (Wildman–Crippen MR) is 74.8 cm³/mol. The van der Waals surface area contributed by atoms with E-state index in [0.717, 1.165) is 23.5 Å². The number of halogens is 1. The molecular formula is C13H8FN3O3S. The number of carbonyl (C=O) groups excluding carboxylic acids is 1. The van der Waals surface area contributed by atoms with Gasteiger partial charge in [-0.05, 0) is 23.9 Å². The van der Waals surface area contributed by atoms with Crippen LogP contribution < -0.4 is 5.32 Å². The lowest BCUT2D eigenvalue weighted by Gasteiger charge is -2.06. The molecule has 0 aliphatic rings. The number of hydrogen-bond donors (Lipinski definition) is 1. The third-order valence-electron chi connectivity index (χ3n) is 2.71. The second kappa shape index (κ2) is 5.68. The van der Waals surface area contributed by atoms with Crippen molar-refractivity contribution in [2.45, 2.75) is 6.92 Å². The maximum absolute atomic E-state index is 14.0. The van der Waals surface area contributed by atoms with E-state index in [1.54, 1.807) is 5.38 Å². The van der Waals surface area contributed by atoms with Crippen molar-refractivity contribution in [3.8, 4) is 6.07 Å². The Labute approximate surface area is 122 Å². The van der Waals surface area contributed by atoms with Gasteiger partial charge in [-0.3, -0.25) is 14.9 Å². The Balaban J connectivity index is 2.40. The molecule has 0 spiro atoms. The Morgan fingerprint density at radius 1 is 1.52 bits per heavy atom. The molecule has 21 heavy (non-hydrogen) atoms. The first-order valence-electron chi connectivity index (χ1n) is 5.67. The number of amides is 1. The maximum Gasteiger partial charge on any atom is 0.270 e. The second-order valence-electron chi connectivity index (χ2n) is 4.11. The molecule has 0 atom stereocenters. The van der Waals surface area contributed by atoms with E-state index in [9.17, 15) is 19.3 Å². The molecule has 1 heterocycles. The van der Waals surface area contributed by atoms with Gasteiger partial charge in [0.05, 0.1) is 16.1 Å². The smallest absolute Gasteiger partial charge is 0.270 e. The van der Waals surface area contributed by atoms with Crippen LogP contribution in [0.1, 0.15) is 21.5 Å². The summed E-state index contributed by atoms with van der Waals surface area (Å²) in [4.78, 5) is 22.1. The first-order chi connectivity index (χ1) is 9.93. The first kappa shape index (κ1) is 14.6. The van der Waals surface area contributed by atoms with E-state index in [2.05, 4.69) is 5.32 Å². The monoisotopic (exact) mass is 305 g/mol. The van der Waals surface area contributed by atoms with Crippen LogP contribution in [0, 0.1) is 34.2 Å². The van der Waals surface area contributed by atoms with Crippen molar-refractivity contribution in [2.75, 3.05) is 5.32 Å². The minimum absolute atomic E-state index is 0.000959. The summed E-state index contributed by atoms with van der Waals surface area (Å²) in [7, 11) is 0. The van der Waals surface area contributed by atoms with Crippen molar-refractivity contribution in [3.05, 3.63) is 56.2 Å². The summed E-state index contributed by atoms with van der Waals surface area (Å²) in [5.41, 5.74) is -0.554. The topological polar surface area (TPSA) is 96.0 Å². The van der Waals surface area contributed by atoms with Gasteiger partial charge < -0.3 is 5.32 Å². The number of non-ortho nitro benzene ring substituents is 1. The molecule has 0 fully saturated rings. The van der Waals surface area contributed by atoms with Crippen molar-refractivity contribution >= 4 is 27.9 Å². The van der Waals surface area contributed by atoms with Gasteiger partial charge in [-0.25, -0.2) is 4.39 Å². The fraction of sp³-hybridized carbons (Fsp3) is 0.0769. The summed E-state index contributed by atoms with van der Waals surface area (Å²) >= 11 is 1.11. The minimum Gasteiger partial charge on any atom is -0.312 e. The molecule has 8 heteroatoms. The van der Waals surface area contributed by atoms with Gasteiger partial charge in [0.15, 0.2) is 0 Å². The first-order valence-corrected chi connectivity index (χ1v) is 6.55. The van der Waals surface area contributed by atoms with E-state index in [4.69, 9.17) is 5.26 Å². The highest BCUT2D eigenvalue weighted by atomic mass is 32.1. The van der Waals surface area contributed by atoms with Gasteiger partial charge in [0.1, 0.15) is 16.9 Å². The lowest BCUT2D eigenvalue weighted by molar-refractivity contribution is -0.385. The molecule has 6 nitrogen and oxygen atoms in total. The number of carbonyl (C=O) groups is 1. The zero-order valence-corrected chi connectivity index (χ0v) is 11.5. The van der Waals surface area contributed by atoms with Gasteiger partial charge in [-0.15, -0.1) is 11.3 Å². The number of nitro groups is 1. The zero-order chi connectivity index (χ0) is 15.6. The highest BCUT2D eigenvalue weighted by molar-refractivity contribution is 7.14. The van der Waals surface area contributed by atoms with Crippen molar-refractivity contribution in [1.29, 1.82) is 5.26 Å². The SMILES string of the molecule is Cc1cc([N+](=O)[O-])cc(C(=O)Nc2sccc2C#N)c1F. The van der Waals surface area contributed by atoms with Crippen LogP contribution in [0.15, 0.2) is 23.6 Å². The highest BCUT2D eigenvalue weighted by Crippen LogP contribution is 2.25. The van der Waals surface area contributed by atoms with E-state index < -0.39 is 22.2 Å². The summed E-state index contributed by atoms with van der Waals surface area (Å²) in [6, 6.07) is 5.32. The molecule has 106 valence electrons. The molecule has 2 rings (SSSR count). The number of aryl methyl sites for hydroxylation is 1. The number of thiophene rings is 1. The van der Waals surface area contributed by atoms with Crippen LogP contribution in [-0.2, 0) is 0 Å². The molecule has 0 aliphatic heterocycles. The fourth-order valence-electron chi connectivity index (χ4n) is 1.69. The molecule has 2 aromatic rings. The Hall–Kier alpha value is -2.79. The van der Waals surface area contributed by atoms with Gasteiger partial charge in [-0.1, -0.05) is 0 Å². The number of anilines is 1. The van der Waals surface area contributed by atoms with Gasteiger partial charge in [0.2, 0.25) is 0 Å². The largest absolute Gasteiger partial charge is 0.312 e. The normalized spacial score (nSPS) is 9.95. The van der Waals surface area contributed by atoms with Crippen molar-refractivity contribution in [3.63, 3.8) is 0 Å². The molecule has 0 radical (unpaired) electrons. The third-order valence-corrected chi connectivity index (χ3v) is 3.54. The Kier molecular flexibility index (Phi) is 3.95. The number of nitriles is 1. The molecule has 1 aromatic heterocycles. The molecule has 1 aromatic carbocycles. The molecule has 0 aliphatic carbocycles. The summed E-state index contributed by atoms with van der Waals surface area (Å²) in [5, 5.41) is 23.9. The van der Waals surface area contributed by atoms with Gasteiger partial charge in [0, 0.05) is 12.1 Å². The van der Waals surface area contributed by atoms with Gasteiger partial charge >= 0.3 is 0 Å². The van der Waals surface area contributed by atoms with Crippen LogP contribution >= 0.6 is 11.3 Å². The fourth-order valence-corrected chi connectivity index (χ4v) is 2.42. The molecule has 0 saturated carbocycles. The quantitative estimate of drug-likeness (QED) is 0.695. The number of rotatable bonds is 3. The van der Waals surface area contributed by atoms with Crippen molar-refractivity contribution < 1.29 is 14.1 Å². The van der Waals surface area contributed by atoms with Crippen molar-refractivity contribution in [2.24, 2.45) is 0 Å². The van der Waals surface area contributed by atoms with Crippen LogP contribution in [0.5, 0.6) is 0 Å². The molecule has 0 saturated heterocycles.